The van der Waals surface area contributed by atoms with Crippen molar-refractivity contribution < 1.29 is 9.53 Å². The highest BCUT2D eigenvalue weighted by Gasteiger charge is 2.06. The van der Waals surface area contributed by atoms with Gasteiger partial charge >= 0.3 is 6.01 Å². The van der Waals surface area contributed by atoms with Crippen LogP contribution in [0.5, 0.6) is 6.01 Å². The average molecular weight is 336 g/mol. The molecular formula is C21H24N2O2. The zero-order valence-corrected chi connectivity index (χ0v) is 15.2. The van der Waals surface area contributed by atoms with Crippen molar-refractivity contribution in [1.82, 2.24) is 9.97 Å². The lowest BCUT2D eigenvalue weighted by molar-refractivity contribution is -0.117. The molecule has 1 aromatic carbocycles. The van der Waals surface area contributed by atoms with E-state index in [1.54, 1.807) is 19.2 Å². The molecule has 0 spiro atoms. The molecule has 25 heavy (non-hydrogen) atoms. The van der Waals surface area contributed by atoms with Crippen LogP contribution >= 0.6 is 0 Å². The van der Waals surface area contributed by atoms with Crippen LogP contribution in [0.1, 0.15) is 50.9 Å². The van der Waals surface area contributed by atoms with Crippen LogP contribution in [0.25, 0.3) is 0 Å². The third-order valence-electron chi connectivity index (χ3n) is 3.48. The first-order chi connectivity index (χ1) is 11.9. The summed E-state index contributed by atoms with van der Waals surface area (Å²) in [6.07, 6.45) is 3.19. The number of nitrogens with zero attached hydrogens (tertiary/aromatic N) is 2. The lowest BCUT2D eigenvalue weighted by Gasteiger charge is -2.09. The van der Waals surface area contributed by atoms with Gasteiger partial charge in [-0.05, 0) is 62.8 Å². The summed E-state index contributed by atoms with van der Waals surface area (Å²) >= 11 is 0. The predicted octanol–water partition coefficient (Wildman–Crippen LogP) is 3.82. The van der Waals surface area contributed by atoms with Crippen LogP contribution in [0, 0.1) is 17.8 Å². The first kappa shape index (κ1) is 18.7. The maximum atomic E-state index is 11.2. The molecule has 0 saturated heterocycles. The molecule has 0 radical (unpaired) electrons. The zero-order chi connectivity index (χ0) is 18.2. The van der Waals surface area contributed by atoms with Gasteiger partial charge in [0, 0.05) is 18.2 Å². The molecule has 2 aromatic rings. The van der Waals surface area contributed by atoms with Gasteiger partial charge in [-0.25, -0.2) is 4.98 Å². The fraction of sp³-hybridized carbons (Fsp3) is 0.381. The van der Waals surface area contributed by atoms with E-state index in [9.17, 15) is 4.79 Å². The monoisotopic (exact) mass is 336 g/mol. The highest BCUT2D eigenvalue weighted by molar-refractivity contribution is 5.75. The van der Waals surface area contributed by atoms with Crippen molar-refractivity contribution in [3.63, 3.8) is 0 Å². The van der Waals surface area contributed by atoms with Gasteiger partial charge in [0.15, 0.2) is 0 Å². The van der Waals surface area contributed by atoms with E-state index in [-0.39, 0.29) is 11.9 Å². The smallest absolute Gasteiger partial charge is 0.317 e. The number of carbonyl (C=O) groups is 1. The minimum Gasteiger partial charge on any atom is -0.461 e. The normalized spacial score (nSPS) is 11.6. The summed E-state index contributed by atoms with van der Waals surface area (Å²) < 4.78 is 5.47. The Balaban J connectivity index is 2.02. The predicted molar refractivity (Wildman–Crippen MR) is 98.4 cm³/mol. The maximum absolute atomic E-state index is 11.2. The summed E-state index contributed by atoms with van der Waals surface area (Å²) in [7, 11) is 0. The molecule has 1 unspecified atom stereocenters. The summed E-state index contributed by atoms with van der Waals surface area (Å²) in [4.78, 5) is 19.5. The van der Waals surface area contributed by atoms with Crippen LogP contribution in [-0.4, -0.2) is 21.9 Å². The molecule has 0 aliphatic rings. The van der Waals surface area contributed by atoms with Gasteiger partial charge in [-0.3, -0.25) is 0 Å². The van der Waals surface area contributed by atoms with Crippen molar-refractivity contribution in [3.8, 4) is 17.9 Å². The highest BCUT2D eigenvalue weighted by Crippen LogP contribution is 2.13. The molecule has 0 saturated carbocycles. The summed E-state index contributed by atoms with van der Waals surface area (Å²) in [5.41, 5.74) is 2.77. The van der Waals surface area contributed by atoms with Gasteiger partial charge in [0.1, 0.15) is 11.5 Å². The van der Waals surface area contributed by atoms with Crippen LogP contribution < -0.4 is 4.74 Å². The highest BCUT2D eigenvalue weighted by atomic mass is 16.5. The molecule has 4 heteroatoms. The van der Waals surface area contributed by atoms with Crippen molar-refractivity contribution in [1.29, 1.82) is 0 Å². The van der Waals surface area contributed by atoms with Crippen molar-refractivity contribution in [2.45, 2.75) is 46.6 Å². The molecule has 0 amide bonds. The number of ketones is 1. The largest absolute Gasteiger partial charge is 0.461 e. The number of benzene rings is 1. The lowest BCUT2D eigenvalue weighted by atomic mass is 9.96. The second-order valence-corrected chi connectivity index (χ2v) is 6.55. The molecule has 130 valence electrons. The number of carbonyl (C=O) groups excluding carboxylic acids is 1. The minimum absolute atomic E-state index is 0.0288. The van der Waals surface area contributed by atoms with E-state index >= 15 is 0 Å². The van der Waals surface area contributed by atoms with Gasteiger partial charge in [0.2, 0.25) is 0 Å². The Morgan fingerprint density at radius 3 is 2.48 bits per heavy atom. The maximum Gasteiger partial charge on any atom is 0.317 e. The topological polar surface area (TPSA) is 52.1 Å². The molecule has 2 rings (SSSR count). The van der Waals surface area contributed by atoms with Crippen LogP contribution in [-0.2, 0) is 11.2 Å². The quantitative estimate of drug-likeness (QED) is 0.753. The molecule has 4 nitrogen and oxygen atoms in total. The number of ether oxygens (including phenoxy) is 1. The molecule has 0 fully saturated rings. The minimum atomic E-state index is 0.0288. The number of Topliss-reactive ketones (excluding diaryl/α,β-unsaturated/α-hetero) is 1. The molecule has 1 aromatic heterocycles. The first-order valence-corrected chi connectivity index (χ1v) is 8.52. The van der Waals surface area contributed by atoms with Crippen molar-refractivity contribution in [3.05, 3.63) is 53.3 Å². The molecule has 1 heterocycles. The number of aromatic nitrogens is 2. The van der Waals surface area contributed by atoms with E-state index in [0.717, 1.165) is 12.0 Å². The van der Waals surface area contributed by atoms with Gasteiger partial charge in [-0.1, -0.05) is 25.0 Å². The summed E-state index contributed by atoms with van der Waals surface area (Å²) in [5, 5.41) is 0. The van der Waals surface area contributed by atoms with E-state index in [2.05, 4.69) is 40.9 Å². The van der Waals surface area contributed by atoms with Gasteiger partial charge < -0.3 is 9.53 Å². The number of hydrogen-bond acceptors (Lipinski definition) is 4. The van der Waals surface area contributed by atoms with Gasteiger partial charge in [-0.2, -0.15) is 4.98 Å². The molecule has 0 bridgehead atoms. The Kier molecular flexibility index (Phi) is 6.71. The Bertz CT molecular complexity index is 770. The van der Waals surface area contributed by atoms with Crippen LogP contribution in [0.4, 0.5) is 0 Å². The van der Waals surface area contributed by atoms with Gasteiger partial charge in [-0.15, -0.1) is 0 Å². The average Bonchev–Trinajstić information content (AvgIpc) is 2.53. The van der Waals surface area contributed by atoms with E-state index in [1.165, 1.54) is 5.56 Å². The molecule has 0 aliphatic carbocycles. The second kappa shape index (κ2) is 8.98. The fourth-order valence-electron chi connectivity index (χ4n) is 2.50. The Morgan fingerprint density at radius 1 is 1.12 bits per heavy atom. The fourth-order valence-corrected chi connectivity index (χ4v) is 2.50. The molecule has 0 N–H and O–H groups in total. The van der Waals surface area contributed by atoms with Crippen molar-refractivity contribution in [2.24, 2.45) is 5.92 Å². The second-order valence-electron chi connectivity index (χ2n) is 6.55. The summed E-state index contributed by atoms with van der Waals surface area (Å²) in [5.74, 6) is 6.73. The third kappa shape index (κ3) is 6.76. The Morgan fingerprint density at radius 2 is 1.84 bits per heavy atom. The van der Waals surface area contributed by atoms with E-state index < -0.39 is 0 Å². The van der Waals surface area contributed by atoms with Gasteiger partial charge in [0.25, 0.3) is 0 Å². The number of hydrogen-bond donors (Lipinski definition) is 0. The molecule has 0 aliphatic heterocycles. The Labute approximate surface area is 149 Å². The third-order valence-corrected chi connectivity index (χ3v) is 3.48. The van der Waals surface area contributed by atoms with Crippen LogP contribution in [0.3, 0.4) is 0 Å². The zero-order valence-electron chi connectivity index (χ0n) is 15.2. The van der Waals surface area contributed by atoms with Gasteiger partial charge in [0.05, 0.1) is 6.10 Å². The molecule has 1 atom stereocenters. The first-order valence-electron chi connectivity index (χ1n) is 8.52. The Hall–Kier alpha value is -2.67. The van der Waals surface area contributed by atoms with Crippen molar-refractivity contribution >= 4 is 5.78 Å². The van der Waals surface area contributed by atoms with E-state index in [1.807, 2.05) is 26.0 Å². The lowest BCUT2D eigenvalue weighted by Crippen LogP contribution is -2.08. The van der Waals surface area contributed by atoms with Crippen LogP contribution in [0.15, 0.2) is 36.5 Å². The molecular weight excluding hydrogens is 312 g/mol. The number of rotatable bonds is 6. The van der Waals surface area contributed by atoms with E-state index in [4.69, 9.17) is 4.74 Å². The SMILES string of the molecule is CC(=O)CC(C)Cc1ccc(C#Cc2ccnc(OC(C)C)n2)cc1. The van der Waals surface area contributed by atoms with Crippen LogP contribution in [0.2, 0.25) is 0 Å². The van der Waals surface area contributed by atoms with E-state index in [0.29, 0.717) is 24.0 Å². The standard InChI is InChI=1S/C21H24N2O2/c1-15(2)25-21-22-12-11-20(23-21)10-9-18-5-7-19(8-6-18)14-16(3)13-17(4)24/h5-8,11-12,15-16H,13-14H2,1-4H3. The van der Waals surface area contributed by atoms with Crippen molar-refractivity contribution in [2.75, 3.05) is 0 Å². The summed E-state index contributed by atoms with van der Waals surface area (Å²) in [6, 6.07) is 10.2. The summed E-state index contributed by atoms with van der Waals surface area (Å²) in [6.45, 7) is 7.60.